The molecule has 0 aliphatic carbocycles. The molecule has 0 aromatic carbocycles. The first-order valence-electron chi connectivity index (χ1n) is 14.0. The highest BCUT2D eigenvalue weighted by atomic mass is 32.2. The largest absolute Gasteiger partial charge is 0.382 e. The van der Waals surface area contributed by atoms with E-state index in [0.717, 1.165) is 17.1 Å². The molecule has 0 fully saturated rings. The SMILES string of the molecule is C[C@H](Cn1cnc2c(N)ncnc21)OCP(=O)(O)OCCSCCCCCCCCCCCC#Cc1cccs1. The lowest BCUT2D eigenvalue weighted by molar-refractivity contribution is 0.0724. The number of fused-ring (bicyclic) bond motifs is 1. The monoisotopic (exact) mass is 607 g/mol. The van der Waals surface area contributed by atoms with E-state index in [1.807, 2.05) is 13.0 Å². The number of unbranched alkanes of at least 4 members (excludes halogenated alkanes) is 9. The van der Waals surface area contributed by atoms with Gasteiger partial charge in [0.1, 0.15) is 18.2 Å². The zero-order chi connectivity index (χ0) is 28.5. The zero-order valence-corrected chi connectivity index (χ0v) is 25.9. The van der Waals surface area contributed by atoms with Crippen molar-refractivity contribution in [3.8, 4) is 11.8 Å². The third-order valence-corrected chi connectivity index (χ3v) is 9.13. The van der Waals surface area contributed by atoms with Gasteiger partial charge in [-0.15, -0.1) is 11.3 Å². The Labute approximate surface area is 246 Å². The smallest absolute Gasteiger partial charge is 0.353 e. The molecule has 0 saturated carbocycles. The second-order valence-electron chi connectivity index (χ2n) is 9.73. The van der Waals surface area contributed by atoms with Gasteiger partial charge in [0.15, 0.2) is 11.5 Å². The first kappa shape index (κ1) is 32.6. The molecule has 0 aliphatic rings. The highest BCUT2D eigenvalue weighted by Gasteiger charge is 2.21. The second kappa shape index (κ2) is 18.5. The van der Waals surface area contributed by atoms with Crippen LogP contribution in [0.4, 0.5) is 5.82 Å². The molecule has 0 bridgehead atoms. The van der Waals surface area contributed by atoms with Crippen molar-refractivity contribution in [3.05, 3.63) is 35.0 Å². The lowest BCUT2D eigenvalue weighted by Crippen LogP contribution is -2.17. The van der Waals surface area contributed by atoms with Gasteiger partial charge in [0, 0.05) is 12.2 Å². The highest BCUT2D eigenvalue weighted by molar-refractivity contribution is 7.99. The molecule has 40 heavy (non-hydrogen) atoms. The Kier molecular flexibility index (Phi) is 15.1. The molecular weight excluding hydrogens is 565 g/mol. The summed E-state index contributed by atoms with van der Waals surface area (Å²) in [6.07, 6.45) is 14.7. The number of thioether (sulfide) groups is 1. The lowest BCUT2D eigenvalue weighted by atomic mass is 10.1. The topological polar surface area (TPSA) is 125 Å². The van der Waals surface area contributed by atoms with Crippen molar-refractivity contribution < 1.29 is 18.7 Å². The van der Waals surface area contributed by atoms with Crippen molar-refractivity contribution in [1.82, 2.24) is 19.5 Å². The van der Waals surface area contributed by atoms with Crippen molar-refractivity contribution in [3.63, 3.8) is 0 Å². The van der Waals surface area contributed by atoms with Crippen LogP contribution in [-0.2, 0) is 20.4 Å². The minimum atomic E-state index is -3.80. The van der Waals surface area contributed by atoms with E-state index in [1.54, 1.807) is 34.0 Å². The summed E-state index contributed by atoms with van der Waals surface area (Å²) >= 11 is 3.47. The molecule has 3 aromatic heterocycles. The molecule has 0 amide bonds. The number of ether oxygens (including phenoxy) is 1. The number of nitrogen functional groups attached to an aromatic ring is 1. The van der Waals surface area contributed by atoms with E-state index in [1.165, 1.54) is 64.1 Å². The van der Waals surface area contributed by atoms with Gasteiger partial charge < -0.3 is 24.5 Å². The lowest BCUT2D eigenvalue weighted by Gasteiger charge is -2.17. The summed E-state index contributed by atoms with van der Waals surface area (Å²) < 4.78 is 24.9. The molecule has 0 aliphatic heterocycles. The molecule has 3 aromatic rings. The average molecular weight is 608 g/mol. The third-order valence-electron chi connectivity index (χ3n) is 6.25. The molecule has 0 radical (unpaired) electrons. The number of nitrogens with two attached hydrogens (primary N) is 1. The summed E-state index contributed by atoms with van der Waals surface area (Å²) in [4.78, 5) is 23.6. The number of aromatic nitrogens is 4. The maximum absolute atomic E-state index is 12.3. The van der Waals surface area contributed by atoms with Crippen LogP contribution >= 0.6 is 30.7 Å². The fraction of sp³-hybridized carbons (Fsp3) is 0.607. The van der Waals surface area contributed by atoms with Crippen LogP contribution in [0.2, 0.25) is 0 Å². The Morgan fingerprint density at radius 1 is 1.10 bits per heavy atom. The predicted octanol–water partition coefficient (Wildman–Crippen LogP) is 6.72. The summed E-state index contributed by atoms with van der Waals surface area (Å²) in [5, 5.41) is 2.07. The standard InChI is InChI=1S/C28H42N5O4PS2/c1-24(20-33-22-32-26-27(29)30-21-31-28(26)33)36-23-38(34,35)37-16-19-39-17-12-10-8-6-4-2-3-5-7-9-11-14-25-15-13-18-40-25/h13,15,18,21-22,24H,2-10,12,16-17,19-20,23H2,1H3,(H,34,35)(H2,29,30,31)/t24-/m1/s1. The van der Waals surface area contributed by atoms with E-state index in [2.05, 4.69) is 38.2 Å². The van der Waals surface area contributed by atoms with E-state index >= 15 is 0 Å². The molecule has 9 nitrogen and oxygen atoms in total. The molecular formula is C28H42N5O4PS2. The summed E-state index contributed by atoms with van der Waals surface area (Å²) in [5.41, 5.74) is 6.93. The van der Waals surface area contributed by atoms with Crippen LogP contribution in [0, 0.1) is 11.8 Å². The molecule has 0 saturated heterocycles. The Morgan fingerprint density at radius 2 is 1.85 bits per heavy atom. The summed E-state index contributed by atoms with van der Waals surface area (Å²) in [6.45, 7) is 2.46. The quantitative estimate of drug-likeness (QED) is 0.0818. The van der Waals surface area contributed by atoms with Crippen LogP contribution in [0.25, 0.3) is 11.2 Å². The number of rotatable bonds is 20. The molecule has 3 rings (SSSR count). The molecule has 0 spiro atoms. The van der Waals surface area contributed by atoms with Crippen molar-refractivity contribution in [2.75, 3.05) is 30.2 Å². The number of hydrogen-bond acceptors (Lipinski definition) is 9. The highest BCUT2D eigenvalue weighted by Crippen LogP contribution is 2.42. The number of nitrogens with zero attached hydrogens (tertiary/aromatic N) is 4. The van der Waals surface area contributed by atoms with Crippen LogP contribution in [0.1, 0.15) is 76.0 Å². The molecule has 12 heteroatoms. The van der Waals surface area contributed by atoms with Crippen LogP contribution < -0.4 is 5.73 Å². The Hall–Kier alpha value is -1.93. The van der Waals surface area contributed by atoms with E-state index in [9.17, 15) is 9.46 Å². The Bertz CT molecular complexity index is 1230. The summed E-state index contributed by atoms with van der Waals surface area (Å²) in [7, 11) is -3.80. The van der Waals surface area contributed by atoms with Crippen LogP contribution in [-0.4, -0.2) is 55.0 Å². The fourth-order valence-corrected chi connectivity index (χ4v) is 6.54. The van der Waals surface area contributed by atoms with Crippen molar-refractivity contribution in [2.45, 2.75) is 83.8 Å². The second-order valence-corrected chi connectivity index (χ2v) is 13.7. The maximum atomic E-state index is 12.3. The number of anilines is 1. The van der Waals surface area contributed by atoms with Crippen LogP contribution in [0.5, 0.6) is 0 Å². The van der Waals surface area contributed by atoms with Crippen LogP contribution in [0.15, 0.2) is 30.2 Å². The Balaban J connectivity index is 1.10. The van der Waals surface area contributed by atoms with E-state index in [-0.39, 0.29) is 19.1 Å². The van der Waals surface area contributed by atoms with E-state index < -0.39 is 7.60 Å². The zero-order valence-electron chi connectivity index (χ0n) is 23.4. The van der Waals surface area contributed by atoms with Gasteiger partial charge in [-0.1, -0.05) is 62.9 Å². The third kappa shape index (κ3) is 12.7. The summed E-state index contributed by atoms with van der Waals surface area (Å²) in [5.74, 6) is 8.55. The van der Waals surface area contributed by atoms with Crippen molar-refractivity contribution in [2.24, 2.45) is 0 Å². The fourth-order valence-electron chi connectivity index (χ4n) is 4.12. The molecule has 2 atom stereocenters. The molecule has 1 unspecified atom stereocenters. The van der Waals surface area contributed by atoms with Gasteiger partial charge in [-0.25, -0.2) is 15.0 Å². The number of thiophene rings is 1. The average Bonchev–Trinajstić information content (AvgIpc) is 3.60. The normalized spacial score (nSPS) is 13.7. The predicted molar refractivity (Wildman–Crippen MR) is 166 cm³/mol. The molecule has 220 valence electrons. The van der Waals surface area contributed by atoms with Gasteiger partial charge in [-0.3, -0.25) is 4.57 Å². The minimum Gasteiger partial charge on any atom is -0.382 e. The van der Waals surface area contributed by atoms with Gasteiger partial charge >= 0.3 is 7.60 Å². The molecule has 3 heterocycles. The van der Waals surface area contributed by atoms with Gasteiger partial charge in [-0.2, -0.15) is 11.8 Å². The van der Waals surface area contributed by atoms with Crippen molar-refractivity contribution in [1.29, 1.82) is 0 Å². The van der Waals surface area contributed by atoms with Gasteiger partial charge in [0.05, 0.1) is 30.5 Å². The first-order valence-corrected chi connectivity index (χ1v) is 17.8. The van der Waals surface area contributed by atoms with Gasteiger partial charge in [-0.05, 0) is 37.0 Å². The Morgan fingerprint density at radius 3 is 2.60 bits per heavy atom. The number of imidazole rings is 1. The molecule has 3 N–H and O–H groups in total. The van der Waals surface area contributed by atoms with Gasteiger partial charge in [0.2, 0.25) is 0 Å². The van der Waals surface area contributed by atoms with E-state index in [4.69, 9.17) is 15.0 Å². The van der Waals surface area contributed by atoms with Crippen LogP contribution in [0.3, 0.4) is 0 Å². The number of hydrogen-bond donors (Lipinski definition) is 2. The van der Waals surface area contributed by atoms with Gasteiger partial charge in [0.25, 0.3) is 0 Å². The van der Waals surface area contributed by atoms with Crippen molar-refractivity contribution >= 4 is 47.7 Å². The van der Waals surface area contributed by atoms with E-state index in [0.29, 0.717) is 29.3 Å². The summed E-state index contributed by atoms with van der Waals surface area (Å²) in [6, 6.07) is 4.12. The maximum Gasteiger partial charge on any atom is 0.353 e. The minimum absolute atomic E-state index is 0.234. The first-order chi connectivity index (χ1) is 19.4.